The molecule has 0 saturated carbocycles. The van der Waals surface area contributed by atoms with Gasteiger partial charge in [-0.1, -0.05) is 23.7 Å². The van der Waals surface area contributed by atoms with E-state index in [-0.39, 0.29) is 0 Å². The Morgan fingerprint density at radius 1 is 1.22 bits per heavy atom. The number of rotatable bonds is 4. The van der Waals surface area contributed by atoms with Crippen molar-refractivity contribution in [2.24, 2.45) is 5.10 Å². The predicted molar refractivity (Wildman–Crippen MR) is 92.5 cm³/mol. The van der Waals surface area contributed by atoms with Gasteiger partial charge in [0.15, 0.2) is 5.82 Å². The van der Waals surface area contributed by atoms with E-state index in [0.29, 0.717) is 30.0 Å². The molecule has 3 rings (SSSR count). The summed E-state index contributed by atoms with van der Waals surface area (Å²) in [6.45, 7) is 4.96. The van der Waals surface area contributed by atoms with E-state index in [1.807, 2.05) is 37.3 Å². The number of hydrogen-bond donors (Lipinski definition) is 1. The summed E-state index contributed by atoms with van der Waals surface area (Å²) in [6, 6.07) is 9.32. The molecular weight excluding hydrogens is 314 g/mol. The minimum atomic E-state index is 0.671. The Morgan fingerprint density at radius 2 is 1.96 bits per heavy atom. The van der Waals surface area contributed by atoms with E-state index < -0.39 is 0 Å². The molecule has 1 saturated heterocycles. The molecule has 0 amide bonds. The van der Waals surface area contributed by atoms with E-state index in [0.717, 1.165) is 24.3 Å². The van der Waals surface area contributed by atoms with Crippen LogP contribution in [0, 0.1) is 6.92 Å². The van der Waals surface area contributed by atoms with E-state index in [9.17, 15) is 0 Å². The number of aromatic nitrogens is 2. The average molecular weight is 332 g/mol. The molecule has 2 aromatic rings. The van der Waals surface area contributed by atoms with Crippen LogP contribution < -0.4 is 10.3 Å². The maximum absolute atomic E-state index is 5.86. The van der Waals surface area contributed by atoms with Gasteiger partial charge in [-0.2, -0.15) is 10.1 Å². The smallest absolute Gasteiger partial charge is 0.227 e. The number of nitrogens with zero attached hydrogens (tertiary/aromatic N) is 4. The fraction of sp³-hybridized carbons (Fsp3) is 0.312. The summed E-state index contributed by atoms with van der Waals surface area (Å²) in [7, 11) is 0. The first-order chi connectivity index (χ1) is 11.2. The van der Waals surface area contributed by atoms with Crippen molar-refractivity contribution in [1.82, 2.24) is 9.97 Å². The quantitative estimate of drug-likeness (QED) is 0.689. The molecule has 2 heterocycles. The molecule has 0 radical (unpaired) electrons. The van der Waals surface area contributed by atoms with Gasteiger partial charge in [-0.15, -0.1) is 0 Å². The van der Waals surface area contributed by atoms with Crippen LogP contribution in [0.5, 0.6) is 0 Å². The zero-order chi connectivity index (χ0) is 16.1. The van der Waals surface area contributed by atoms with Crippen LogP contribution in [0.2, 0.25) is 5.02 Å². The molecule has 1 N–H and O–H groups in total. The van der Waals surface area contributed by atoms with E-state index in [2.05, 4.69) is 25.4 Å². The van der Waals surface area contributed by atoms with Gasteiger partial charge >= 0.3 is 0 Å². The van der Waals surface area contributed by atoms with Crippen LogP contribution in [0.15, 0.2) is 35.4 Å². The van der Waals surface area contributed by atoms with Crippen molar-refractivity contribution in [3.05, 3.63) is 46.6 Å². The van der Waals surface area contributed by atoms with Crippen molar-refractivity contribution in [2.75, 3.05) is 36.6 Å². The first-order valence-corrected chi connectivity index (χ1v) is 7.81. The molecule has 1 fully saturated rings. The molecule has 0 bridgehead atoms. The number of halogens is 1. The number of morpholine rings is 1. The molecule has 120 valence electrons. The summed E-state index contributed by atoms with van der Waals surface area (Å²) in [6.07, 6.45) is 1.72. The SMILES string of the molecule is Cc1cc(N/N=C/c2ccc(Cl)cc2)nc(N2CCOCC2)n1. The van der Waals surface area contributed by atoms with Crippen molar-refractivity contribution >= 4 is 29.6 Å². The van der Waals surface area contributed by atoms with Crippen LogP contribution in [-0.2, 0) is 4.74 Å². The molecule has 0 atom stereocenters. The second-order valence-corrected chi connectivity index (χ2v) is 5.65. The molecule has 7 heteroatoms. The number of nitrogens with one attached hydrogen (secondary N) is 1. The van der Waals surface area contributed by atoms with Crippen molar-refractivity contribution in [2.45, 2.75) is 6.92 Å². The highest BCUT2D eigenvalue weighted by molar-refractivity contribution is 6.30. The Kier molecular flexibility index (Phi) is 5.05. The Balaban J connectivity index is 1.69. The minimum Gasteiger partial charge on any atom is -0.378 e. The Hall–Kier alpha value is -2.18. The van der Waals surface area contributed by atoms with Crippen molar-refractivity contribution < 1.29 is 4.74 Å². The third-order valence-electron chi connectivity index (χ3n) is 3.40. The summed E-state index contributed by atoms with van der Waals surface area (Å²) >= 11 is 5.86. The van der Waals surface area contributed by atoms with Gasteiger partial charge in [-0.25, -0.2) is 4.98 Å². The summed E-state index contributed by atoms with van der Waals surface area (Å²) < 4.78 is 5.36. The molecule has 0 unspecified atom stereocenters. The molecule has 0 aliphatic carbocycles. The largest absolute Gasteiger partial charge is 0.378 e. The third kappa shape index (κ3) is 4.40. The molecule has 6 nitrogen and oxygen atoms in total. The van der Waals surface area contributed by atoms with Crippen LogP contribution in [0.25, 0.3) is 0 Å². The van der Waals surface area contributed by atoms with Crippen LogP contribution in [-0.4, -0.2) is 42.5 Å². The van der Waals surface area contributed by atoms with Gasteiger partial charge in [-0.05, 0) is 24.6 Å². The molecule has 1 aromatic carbocycles. The first kappa shape index (κ1) is 15.7. The lowest BCUT2D eigenvalue weighted by Gasteiger charge is -2.27. The Morgan fingerprint density at radius 3 is 2.70 bits per heavy atom. The van der Waals surface area contributed by atoms with Crippen molar-refractivity contribution in [3.8, 4) is 0 Å². The number of anilines is 2. The van der Waals surface area contributed by atoms with Crippen LogP contribution >= 0.6 is 11.6 Å². The van der Waals surface area contributed by atoms with Gasteiger partial charge in [0.1, 0.15) is 0 Å². The third-order valence-corrected chi connectivity index (χ3v) is 3.65. The number of hydrogen-bond acceptors (Lipinski definition) is 6. The van der Waals surface area contributed by atoms with Gasteiger partial charge in [0.25, 0.3) is 0 Å². The summed E-state index contributed by atoms with van der Waals surface area (Å²) in [5.74, 6) is 1.38. The summed E-state index contributed by atoms with van der Waals surface area (Å²) in [4.78, 5) is 11.1. The standard InChI is InChI=1S/C16H18ClN5O/c1-12-10-15(20-16(19-12)22-6-8-23-9-7-22)21-18-11-13-2-4-14(17)5-3-13/h2-5,10-11H,6-9H2,1H3,(H,19,20,21)/b18-11+. The Labute approximate surface area is 140 Å². The van der Waals surface area contributed by atoms with Crippen LogP contribution in [0.3, 0.4) is 0 Å². The van der Waals surface area contributed by atoms with Crippen LogP contribution in [0.4, 0.5) is 11.8 Å². The highest BCUT2D eigenvalue weighted by atomic mass is 35.5. The van der Waals surface area contributed by atoms with Gasteiger partial charge in [-0.3, -0.25) is 5.43 Å². The maximum atomic E-state index is 5.86. The fourth-order valence-corrected chi connectivity index (χ4v) is 2.36. The monoisotopic (exact) mass is 331 g/mol. The van der Waals surface area contributed by atoms with Gasteiger partial charge in [0.05, 0.1) is 19.4 Å². The number of aryl methyl sites for hydroxylation is 1. The van der Waals surface area contributed by atoms with E-state index in [1.54, 1.807) is 6.21 Å². The van der Waals surface area contributed by atoms with Crippen molar-refractivity contribution in [3.63, 3.8) is 0 Å². The van der Waals surface area contributed by atoms with Crippen molar-refractivity contribution in [1.29, 1.82) is 0 Å². The summed E-state index contributed by atoms with van der Waals surface area (Å²) in [5, 5.41) is 4.92. The minimum absolute atomic E-state index is 0.671. The highest BCUT2D eigenvalue weighted by Crippen LogP contribution is 2.15. The second-order valence-electron chi connectivity index (χ2n) is 5.22. The topological polar surface area (TPSA) is 62.6 Å². The fourth-order valence-electron chi connectivity index (χ4n) is 2.24. The first-order valence-electron chi connectivity index (χ1n) is 7.44. The van der Waals surface area contributed by atoms with Crippen LogP contribution in [0.1, 0.15) is 11.3 Å². The molecule has 23 heavy (non-hydrogen) atoms. The van der Waals surface area contributed by atoms with E-state index in [4.69, 9.17) is 16.3 Å². The molecule has 0 spiro atoms. The Bertz CT molecular complexity index is 683. The number of benzene rings is 1. The molecule has 1 aromatic heterocycles. The maximum Gasteiger partial charge on any atom is 0.227 e. The highest BCUT2D eigenvalue weighted by Gasteiger charge is 2.14. The van der Waals surface area contributed by atoms with E-state index in [1.165, 1.54) is 0 Å². The molecular formula is C16H18ClN5O. The summed E-state index contributed by atoms with van der Waals surface area (Å²) in [5.41, 5.74) is 4.81. The van der Waals surface area contributed by atoms with Gasteiger partial charge < -0.3 is 9.64 Å². The van der Waals surface area contributed by atoms with Gasteiger partial charge in [0.2, 0.25) is 5.95 Å². The second kappa shape index (κ2) is 7.39. The normalized spacial score (nSPS) is 15.1. The predicted octanol–water partition coefficient (Wildman–Crippen LogP) is 2.72. The lowest BCUT2D eigenvalue weighted by molar-refractivity contribution is 0.122. The average Bonchev–Trinajstić information content (AvgIpc) is 2.57. The molecule has 1 aliphatic rings. The zero-order valence-electron chi connectivity index (χ0n) is 12.9. The van der Waals surface area contributed by atoms with Gasteiger partial charge in [0, 0.05) is 29.9 Å². The molecule has 1 aliphatic heterocycles. The lowest BCUT2D eigenvalue weighted by atomic mass is 10.2. The lowest BCUT2D eigenvalue weighted by Crippen LogP contribution is -2.37. The number of hydrazone groups is 1. The van der Waals surface area contributed by atoms with E-state index >= 15 is 0 Å². The number of ether oxygens (including phenoxy) is 1. The zero-order valence-corrected chi connectivity index (χ0v) is 13.6.